The van der Waals surface area contributed by atoms with Gasteiger partial charge in [0.15, 0.2) is 5.82 Å². The van der Waals surface area contributed by atoms with Gasteiger partial charge in [-0.1, -0.05) is 0 Å². The van der Waals surface area contributed by atoms with E-state index in [0.717, 1.165) is 0 Å². The molecule has 33 heavy (non-hydrogen) atoms. The quantitative estimate of drug-likeness (QED) is 0.347. The number of carboxylic acid groups (broad SMARTS) is 1. The highest BCUT2D eigenvalue weighted by Gasteiger charge is 2.38. The second-order valence-corrected chi connectivity index (χ2v) is 9.08. The molecule has 178 valence electrons. The molecule has 14 heteroatoms. The number of nitrogens with zero attached hydrogens (tertiary/aromatic N) is 4. The van der Waals surface area contributed by atoms with Crippen molar-refractivity contribution in [2.75, 3.05) is 13.2 Å². The van der Waals surface area contributed by atoms with E-state index in [2.05, 4.69) is 25.3 Å². The van der Waals surface area contributed by atoms with Gasteiger partial charge in [-0.2, -0.15) is 4.72 Å². The van der Waals surface area contributed by atoms with E-state index in [0.29, 0.717) is 24.2 Å². The molecule has 1 saturated carbocycles. The van der Waals surface area contributed by atoms with Crippen molar-refractivity contribution in [2.24, 2.45) is 0 Å². The fourth-order valence-corrected chi connectivity index (χ4v) is 4.38. The van der Waals surface area contributed by atoms with Crippen molar-refractivity contribution in [3.8, 4) is 11.4 Å². The number of carbonyl (C=O) groups excluding carboxylic acids is 2. The monoisotopic (exact) mass is 480 g/mol. The first-order chi connectivity index (χ1) is 15.7. The number of aromatic amines is 1. The normalized spacial score (nSPS) is 14.5. The van der Waals surface area contributed by atoms with Crippen LogP contribution in [0.2, 0.25) is 0 Å². The highest BCUT2D eigenvalue weighted by molar-refractivity contribution is 7.89. The van der Waals surface area contributed by atoms with Gasteiger partial charge < -0.3 is 14.7 Å². The van der Waals surface area contributed by atoms with Crippen LogP contribution >= 0.6 is 0 Å². The number of ether oxygens (including phenoxy) is 1. The largest absolute Gasteiger partial charge is 0.481 e. The summed E-state index contributed by atoms with van der Waals surface area (Å²) in [7, 11) is -4.23. The number of amides is 1. The fraction of sp³-hybridized carbons (Fsp3) is 0.474. The second-order valence-electron chi connectivity index (χ2n) is 7.36. The summed E-state index contributed by atoms with van der Waals surface area (Å²) < 4.78 is 32.9. The molecule has 0 radical (unpaired) electrons. The van der Waals surface area contributed by atoms with Crippen LogP contribution in [0.3, 0.4) is 0 Å². The average molecular weight is 481 g/mol. The summed E-state index contributed by atoms with van der Waals surface area (Å²) in [6.07, 6.45) is 0.571. The summed E-state index contributed by atoms with van der Waals surface area (Å²) in [6, 6.07) is 3.83. The number of rotatable bonds is 12. The summed E-state index contributed by atoms with van der Waals surface area (Å²) in [5.41, 5.74) is 0.538. The summed E-state index contributed by atoms with van der Waals surface area (Å²) in [5, 5.41) is 22.5. The van der Waals surface area contributed by atoms with Gasteiger partial charge in [0.05, 0.1) is 24.3 Å². The number of carboxylic acids is 1. The maximum Gasteiger partial charge on any atom is 0.307 e. The number of aromatic nitrogens is 4. The van der Waals surface area contributed by atoms with Gasteiger partial charge in [-0.3, -0.25) is 14.4 Å². The van der Waals surface area contributed by atoms with Crippen LogP contribution in [-0.4, -0.2) is 82.1 Å². The minimum atomic E-state index is -4.23. The van der Waals surface area contributed by atoms with Gasteiger partial charge >= 0.3 is 11.9 Å². The number of H-pyrrole nitrogens is 1. The van der Waals surface area contributed by atoms with Gasteiger partial charge in [0.25, 0.3) is 0 Å². The van der Waals surface area contributed by atoms with E-state index in [1.54, 1.807) is 6.92 Å². The Morgan fingerprint density at radius 3 is 2.52 bits per heavy atom. The van der Waals surface area contributed by atoms with Crippen molar-refractivity contribution in [1.29, 1.82) is 0 Å². The Hall–Kier alpha value is -3.39. The molecule has 1 aliphatic carbocycles. The molecule has 0 saturated heterocycles. The Balaban J connectivity index is 1.76. The molecule has 1 fully saturated rings. The third-order valence-electron chi connectivity index (χ3n) is 4.89. The molecule has 2 aromatic rings. The van der Waals surface area contributed by atoms with Crippen molar-refractivity contribution >= 4 is 27.9 Å². The molecule has 1 aromatic carbocycles. The Morgan fingerprint density at radius 1 is 1.27 bits per heavy atom. The van der Waals surface area contributed by atoms with Gasteiger partial charge in [-0.15, -0.1) is 5.10 Å². The summed E-state index contributed by atoms with van der Waals surface area (Å²) in [5.74, 6) is -2.19. The predicted octanol–water partition coefficient (Wildman–Crippen LogP) is -0.0675. The molecule has 1 amide bonds. The summed E-state index contributed by atoms with van der Waals surface area (Å²) >= 11 is 0. The van der Waals surface area contributed by atoms with Crippen LogP contribution in [0.25, 0.3) is 11.4 Å². The average Bonchev–Trinajstić information content (AvgIpc) is 3.45. The minimum absolute atomic E-state index is 0.0140. The third kappa shape index (κ3) is 6.55. The zero-order valence-corrected chi connectivity index (χ0v) is 18.6. The number of tetrazole rings is 1. The third-order valence-corrected chi connectivity index (χ3v) is 6.38. The van der Waals surface area contributed by atoms with Gasteiger partial charge in [0.1, 0.15) is 6.04 Å². The fourth-order valence-electron chi connectivity index (χ4n) is 3.19. The predicted molar refractivity (Wildman–Crippen MR) is 112 cm³/mol. The first-order valence-electron chi connectivity index (χ1n) is 10.3. The van der Waals surface area contributed by atoms with E-state index in [9.17, 15) is 27.9 Å². The van der Waals surface area contributed by atoms with Crippen LogP contribution in [0, 0.1) is 0 Å². The Labute approximate surface area is 189 Å². The van der Waals surface area contributed by atoms with Crippen LogP contribution in [0.5, 0.6) is 0 Å². The van der Waals surface area contributed by atoms with Crippen LogP contribution in [0.4, 0.5) is 0 Å². The van der Waals surface area contributed by atoms with E-state index in [1.165, 1.54) is 29.2 Å². The van der Waals surface area contributed by atoms with Crippen molar-refractivity contribution in [1.82, 2.24) is 30.2 Å². The molecule has 1 aliphatic rings. The second kappa shape index (κ2) is 10.5. The van der Waals surface area contributed by atoms with Crippen LogP contribution in [0.1, 0.15) is 32.6 Å². The molecular weight excluding hydrogens is 456 g/mol. The number of carbonyl (C=O) groups is 3. The van der Waals surface area contributed by atoms with Gasteiger partial charge in [0.2, 0.25) is 15.9 Å². The van der Waals surface area contributed by atoms with Crippen molar-refractivity contribution in [2.45, 2.75) is 49.6 Å². The summed E-state index contributed by atoms with van der Waals surface area (Å²) in [6.45, 7) is 1.87. The maximum absolute atomic E-state index is 13.1. The van der Waals surface area contributed by atoms with Gasteiger partial charge in [-0.05, 0) is 54.5 Å². The van der Waals surface area contributed by atoms with Gasteiger partial charge in [-0.25, -0.2) is 13.5 Å². The number of aliphatic carboxylic acids is 1. The SMILES string of the molecule is CCOC(=O)CCN(C(=O)[C@H](CC(=O)O)NS(=O)(=O)c1ccc(-c2nnn[nH]2)cc1)C1CC1. The zero-order valence-electron chi connectivity index (χ0n) is 17.8. The molecule has 0 unspecified atom stereocenters. The standard InChI is InChI=1S/C19H24N6O7S/c1-2-32-17(28)9-10-25(13-5-6-13)19(29)15(11-16(26)27)22-33(30,31)14-7-3-12(4-8-14)18-20-23-24-21-18/h3-4,7-8,13,15,22H,2,5-6,9-11H2,1H3,(H,26,27)(H,20,21,23,24)/t15-/m0/s1. The first kappa shape index (κ1) is 24.3. The molecule has 3 N–H and O–H groups in total. The first-order valence-corrected chi connectivity index (χ1v) is 11.7. The van der Waals surface area contributed by atoms with E-state index >= 15 is 0 Å². The molecule has 13 nitrogen and oxygen atoms in total. The Morgan fingerprint density at radius 2 is 1.97 bits per heavy atom. The van der Waals surface area contributed by atoms with E-state index < -0.39 is 40.3 Å². The highest BCUT2D eigenvalue weighted by Crippen LogP contribution is 2.28. The number of nitrogens with one attached hydrogen (secondary N) is 2. The number of hydrogen-bond donors (Lipinski definition) is 3. The minimum Gasteiger partial charge on any atom is -0.481 e. The molecule has 1 heterocycles. The molecule has 1 aromatic heterocycles. The number of esters is 1. The number of sulfonamides is 1. The summed E-state index contributed by atoms with van der Waals surface area (Å²) in [4.78, 5) is 37.4. The van der Waals surface area contributed by atoms with Crippen LogP contribution < -0.4 is 4.72 Å². The lowest BCUT2D eigenvalue weighted by Crippen LogP contribution is -2.50. The molecule has 0 spiro atoms. The molecule has 1 atom stereocenters. The number of benzene rings is 1. The van der Waals surface area contributed by atoms with Crippen LogP contribution in [0.15, 0.2) is 29.2 Å². The Kier molecular flexibility index (Phi) is 7.71. The van der Waals surface area contributed by atoms with Crippen molar-refractivity contribution in [3.05, 3.63) is 24.3 Å². The molecule has 0 bridgehead atoms. The van der Waals surface area contributed by atoms with Crippen molar-refractivity contribution in [3.63, 3.8) is 0 Å². The van der Waals surface area contributed by atoms with Gasteiger partial charge in [0, 0.05) is 18.2 Å². The number of hydrogen-bond acceptors (Lipinski definition) is 9. The molecule has 0 aliphatic heterocycles. The maximum atomic E-state index is 13.1. The van der Waals surface area contributed by atoms with Crippen LogP contribution in [-0.2, 0) is 29.1 Å². The van der Waals surface area contributed by atoms with Crippen molar-refractivity contribution < 1.29 is 32.6 Å². The zero-order chi connectivity index (χ0) is 24.0. The Bertz CT molecular complexity index is 1080. The lowest BCUT2D eigenvalue weighted by molar-refractivity contribution is -0.146. The molecular formula is C19H24N6O7S. The topological polar surface area (TPSA) is 185 Å². The van der Waals surface area contributed by atoms with E-state index in [-0.39, 0.29) is 30.5 Å². The molecule has 3 rings (SSSR count). The lowest BCUT2D eigenvalue weighted by Gasteiger charge is -2.27. The lowest BCUT2D eigenvalue weighted by atomic mass is 10.2. The van der Waals surface area contributed by atoms with E-state index in [4.69, 9.17) is 4.74 Å². The van der Waals surface area contributed by atoms with E-state index in [1.807, 2.05) is 0 Å². The highest BCUT2D eigenvalue weighted by atomic mass is 32.2. The smallest absolute Gasteiger partial charge is 0.307 e.